The molecule has 0 radical (unpaired) electrons. The second kappa shape index (κ2) is 8.92. The van der Waals surface area contributed by atoms with Gasteiger partial charge in [-0.25, -0.2) is 9.37 Å². The van der Waals surface area contributed by atoms with Crippen LogP contribution < -0.4 is 10.9 Å². The highest BCUT2D eigenvalue weighted by Gasteiger charge is 2.46. The van der Waals surface area contributed by atoms with Crippen LogP contribution in [0.4, 0.5) is 17.6 Å². The first-order valence-corrected chi connectivity index (χ1v) is 13.5. The van der Waals surface area contributed by atoms with Gasteiger partial charge in [-0.1, -0.05) is 6.92 Å². The Kier molecular flexibility index (Phi) is 6.03. The van der Waals surface area contributed by atoms with Crippen molar-refractivity contribution in [1.29, 1.82) is 0 Å². The monoisotopic (exact) mass is 623 g/mol. The zero-order valence-electron chi connectivity index (χ0n) is 21.0. The molecule has 0 spiro atoms. The Hall–Kier alpha value is -3.16. The maximum Gasteiger partial charge on any atom is 0.423 e. The number of benzene rings is 1. The number of ketones is 1. The highest BCUT2D eigenvalue weighted by molar-refractivity contribution is 9.10. The number of hydrogen-bond acceptors (Lipinski definition) is 6. The highest BCUT2D eigenvalue weighted by atomic mass is 79.9. The minimum absolute atomic E-state index is 0.00143. The molecule has 0 bridgehead atoms. The van der Waals surface area contributed by atoms with E-state index in [0.717, 1.165) is 6.07 Å². The second-order valence-electron chi connectivity index (χ2n) is 10.4. The van der Waals surface area contributed by atoms with E-state index in [1.54, 1.807) is 6.92 Å². The van der Waals surface area contributed by atoms with Gasteiger partial charge in [0.1, 0.15) is 11.4 Å². The molecule has 0 saturated heterocycles. The molecule has 8 nitrogen and oxygen atoms in total. The molecule has 3 aliphatic rings. The molecule has 3 N–H and O–H groups in total. The van der Waals surface area contributed by atoms with Crippen molar-refractivity contribution in [3.05, 3.63) is 60.6 Å². The van der Waals surface area contributed by atoms with Crippen LogP contribution >= 0.6 is 15.9 Å². The van der Waals surface area contributed by atoms with Crippen LogP contribution in [0, 0.1) is 5.82 Å². The lowest BCUT2D eigenvalue weighted by Gasteiger charge is -2.32. The molecule has 210 valence electrons. The third kappa shape index (κ3) is 3.70. The largest absolute Gasteiger partial charge is 0.423 e. The van der Waals surface area contributed by atoms with Gasteiger partial charge in [-0.05, 0) is 58.8 Å². The van der Waals surface area contributed by atoms with Crippen LogP contribution in [0.2, 0.25) is 0 Å². The van der Waals surface area contributed by atoms with Crippen LogP contribution in [0.15, 0.2) is 21.4 Å². The number of aromatic nitrogens is 2. The Morgan fingerprint density at radius 1 is 1.23 bits per heavy atom. The molecule has 1 amide bonds. The van der Waals surface area contributed by atoms with Gasteiger partial charge in [0.15, 0.2) is 5.78 Å². The van der Waals surface area contributed by atoms with Gasteiger partial charge < -0.3 is 20.1 Å². The predicted octanol–water partition coefficient (Wildman–Crippen LogP) is 3.47. The molecule has 1 unspecified atom stereocenters. The number of aliphatic hydroxyl groups is 2. The van der Waals surface area contributed by atoms with E-state index >= 15 is 0 Å². The number of fused-ring (bicyclic) bond motifs is 5. The molecule has 1 aromatic carbocycles. The number of rotatable bonds is 3. The van der Waals surface area contributed by atoms with Gasteiger partial charge in [-0.2, -0.15) is 13.2 Å². The number of aryl methyl sites for hydroxylation is 1. The number of nitrogens with zero attached hydrogens (tertiary/aromatic N) is 2. The summed E-state index contributed by atoms with van der Waals surface area (Å²) in [6.45, 7) is 1.60. The number of carbonyl (C=O) groups excluding carboxylic acids is 2. The Morgan fingerprint density at radius 3 is 2.62 bits per heavy atom. The van der Waals surface area contributed by atoms with Crippen molar-refractivity contribution in [2.45, 2.75) is 69.5 Å². The summed E-state index contributed by atoms with van der Waals surface area (Å²) in [4.78, 5) is 43.4. The average molecular weight is 624 g/mol. The van der Waals surface area contributed by atoms with E-state index < -0.39 is 47.0 Å². The summed E-state index contributed by atoms with van der Waals surface area (Å²) >= 11 is 3.25. The maximum atomic E-state index is 14.9. The fraction of sp³-hybridized carbons (Fsp3) is 0.407. The lowest BCUT2D eigenvalue weighted by atomic mass is 9.77. The van der Waals surface area contributed by atoms with Crippen molar-refractivity contribution >= 4 is 38.5 Å². The molecule has 3 heterocycles. The quantitative estimate of drug-likeness (QED) is 0.301. The lowest BCUT2D eigenvalue weighted by molar-refractivity contribution is -0.205. The number of nitrogens with one attached hydrogen (secondary N) is 1. The molecule has 3 atom stereocenters. The first kappa shape index (κ1) is 27.0. The number of carbonyl (C=O) groups is 2. The van der Waals surface area contributed by atoms with E-state index in [1.165, 1.54) is 10.6 Å². The summed E-state index contributed by atoms with van der Waals surface area (Å²) in [6, 6.07) is 1.70. The number of Topliss-reactive ketones (excluding diaryl/α,β-unsaturated/α-hetero) is 1. The van der Waals surface area contributed by atoms with Crippen molar-refractivity contribution < 1.29 is 37.4 Å². The molecule has 40 heavy (non-hydrogen) atoms. The Labute approximate surface area is 232 Å². The first-order chi connectivity index (χ1) is 18.8. The van der Waals surface area contributed by atoms with Gasteiger partial charge in [0.25, 0.3) is 11.5 Å². The zero-order valence-corrected chi connectivity index (χ0v) is 22.5. The number of hydrogen-bond donors (Lipinski definition) is 3. The topological polar surface area (TPSA) is 122 Å². The number of halogens is 5. The average Bonchev–Trinajstić information content (AvgIpc) is 3.27. The van der Waals surface area contributed by atoms with Gasteiger partial charge in [-0.15, -0.1) is 0 Å². The van der Waals surface area contributed by atoms with E-state index in [-0.39, 0.29) is 65.6 Å². The minimum Gasteiger partial charge on any atom is -0.377 e. The third-order valence-corrected chi connectivity index (χ3v) is 9.15. The standard InChI is InChI=1S/C27H22BrF4N3O5/c1-2-26(40)13-7-17-22-12(9-35(17)25(39)10(13)4-6-18(26)36)20-15(34-24(38)23(37)27(30,31)32)5-3-11-19(20)16(33-22)8-14(29)21(11)28/h7-8,15,23,37,40H,2-6,9H2,1H3,(H,34,38)/t15-,23?,26-/m0/s1. The van der Waals surface area contributed by atoms with E-state index in [0.29, 0.717) is 27.6 Å². The normalized spacial score (nSPS) is 22.1. The van der Waals surface area contributed by atoms with Crippen LogP contribution in [0.25, 0.3) is 22.3 Å². The predicted molar refractivity (Wildman–Crippen MR) is 137 cm³/mol. The van der Waals surface area contributed by atoms with Crippen LogP contribution in [0.5, 0.6) is 0 Å². The fourth-order valence-electron chi connectivity index (χ4n) is 6.28. The summed E-state index contributed by atoms with van der Waals surface area (Å²) in [5.74, 6) is -2.65. The molecule has 2 aromatic heterocycles. The summed E-state index contributed by atoms with van der Waals surface area (Å²) in [6.07, 6.45) is -7.93. The molecule has 0 fully saturated rings. The minimum atomic E-state index is -5.17. The fourth-order valence-corrected chi connectivity index (χ4v) is 6.79. The van der Waals surface area contributed by atoms with E-state index in [2.05, 4.69) is 26.2 Å². The summed E-state index contributed by atoms with van der Waals surface area (Å²) in [7, 11) is 0. The third-order valence-electron chi connectivity index (χ3n) is 8.29. The molecule has 2 aliphatic carbocycles. The van der Waals surface area contributed by atoms with Gasteiger partial charge in [0.2, 0.25) is 6.10 Å². The summed E-state index contributed by atoms with van der Waals surface area (Å²) in [5.41, 5.74) is 0.229. The van der Waals surface area contributed by atoms with E-state index in [9.17, 15) is 42.2 Å². The number of alkyl halides is 3. The smallest absolute Gasteiger partial charge is 0.377 e. The zero-order chi connectivity index (χ0) is 28.9. The van der Waals surface area contributed by atoms with Gasteiger partial charge in [-0.3, -0.25) is 14.4 Å². The van der Waals surface area contributed by atoms with Crippen molar-refractivity contribution in [3.8, 4) is 11.4 Å². The first-order valence-electron chi connectivity index (χ1n) is 12.7. The van der Waals surface area contributed by atoms with Gasteiger partial charge >= 0.3 is 6.18 Å². The number of aliphatic hydroxyl groups excluding tert-OH is 1. The number of pyridine rings is 2. The van der Waals surface area contributed by atoms with Crippen LogP contribution in [0.1, 0.15) is 60.0 Å². The Bertz CT molecular complexity index is 1720. The van der Waals surface area contributed by atoms with Gasteiger partial charge in [0, 0.05) is 34.6 Å². The molecular formula is C27H22BrF4N3O5. The van der Waals surface area contributed by atoms with Gasteiger partial charge in [0.05, 0.1) is 34.0 Å². The molecular weight excluding hydrogens is 602 g/mol. The Balaban J connectivity index is 1.60. The summed E-state index contributed by atoms with van der Waals surface area (Å²) in [5, 5.41) is 23.5. The lowest BCUT2D eigenvalue weighted by Crippen LogP contribution is -2.45. The van der Waals surface area contributed by atoms with E-state index in [1.807, 2.05) is 0 Å². The van der Waals surface area contributed by atoms with Crippen LogP contribution in [0.3, 0.4) is 0 Å². The Morgan fingerprint density at radius 2 is 1.95 bits per heavy atom. The van der Waals surface area contributed by atoms with Crippen molar-refractivity contribution in [1.82, 2.24) is 14.9 Å². The molecule has 0 saturated carbocycles. The second-order valence-corrected chi connectivity index (χ2v) is 11.2. The molecule has 3 aromatic rings. The van der Waals surface area contributed by atoms with Crippen LogP contribution in [-0.4, -0.2) is 43.7 Å². The van der Waals surface area contributed by atoms with Crippen LogP contribution in [-0.2, 0) is 34.6 Å². The molecule has 13 heteroatoms. The maximum absolute atomic E-state index is 14.9. The van der Waals surface area contributed by atoms with Crippen molar-refractivity contribution in [2.75, 3.05) is 0 Å². The SMILES string of the molecule is CC[C@@]1(O)C(=O)CCc2c1cc1n(c2=O)Cc2c-1nc1cc(F)c(Br)c3c1c2[C@@H](NC(=O)C(O)C(F)(F)F)CC3. The molecule has 6 rings (SSSR count). The van der Waals surface area contributed by atoms with Crippen molar-refractivity contribution in [2.24, 2.45) is 0 Å². The number of amides is 1. The van der Waals surface area contributed by atoms with E-state index in [4.69, 9.17) is 0 Å². The molecule has 1 aliphatic heterocycles. The summed E-state index contributed by atoms with van der Waals surface area (Å²) < 4.78 is 55.7. The van der Waals surface area contributed by atoms with Crippen molar-refractivity contribution in [3.63, 3.8) is 0 Å². The highest BCUT2D eigenvalue weighted by Crippen LogP contribution is 2.47.